The standard InChI is InChI=1S/C16H22N2O3/c1-11-6-8-14(9-7-11)18(10-15(19)20)16(21)17-12(2)13-4-3-5-13/h6-9,12-13H,3-5,10H2,1-2H3,(H,17,21)(H,19,20). The Morgan fingerprint density at radius 2 is 1.95 bits per heavy atom. The third-order valence-electron chi connectivity index (χ3n) is 4.09. The number of carbonyl (C=O) groups is 2. The first kappa shape index (κ1) is 15.4. The van der Waals surface area contributed by atoms with Crippen LogP contribution in [0, 0.1) is 12.8 Å². The maximum atomic E-state index is 12.4. The molecule has 21 heavy (non-hydrogen) atoms. The van der Waals surface area contributed by atoms with Crippen molar-refractivity contribution in [3.05, 3.63) is 29.8 Å². The molecule has 1 saturated carbocycles. The second-order valence-corrected chi connectivity index (χ2v) is 5.74. The first-order valence-electron chi connectivity index (χ1n) is 7.34. The molecule has 5 nitrogen and oxygen atoms in total. The number of anilines is 1. The molecule has 1 aromatic carbocycles. The molecule has 0 bridgehead atoms. The number of nitrogens with zero attached hydrogens (tertiary/aromatic N) is 1. The van der Waals surface area contributed by atoms with Crippen molar-refractivity contribution in [2.24, 2.45) is 5.92 Å². The lowest BCUT2D eigenvalue weighted by Crippen LogP contribution is -2.49. The van der Waals surface area contributed by atoms with Crippen molar-refractivity contribution in [1.29, 1.82) is 0 Å². The largest absolute Gasteiger partial charge is 0.480 e. The number of aliphatic carboxylic acids is 1. The predicted molar refractivity (Wildman–Crippen MR) is 81.5 cm³/mol. The number of carbonyl (C=O) groups excluding carboxylic acids is 1. The number of nitrogens with one attached hydrogen (secondary N) is 1. The fourth-order valence-electron chi connectivity index (χ4n) is 2.47. The van der Waals surface area contributed by atoms with Crippen LogP contribution in [0.4, 0.5) is 10.5 Å². The van der Waals surface area contributed by atoms with Crippen LogP contribution in [0.2, 0.25) is 0 Å². The summed E-state index contributed by atoms with van der Waals surface area (Å²) in [7, 11) is 0. The van der Waals surface area contributed by atoms with Gasteiger partial charge in [-0.15, -0.1) is 0 Å². The van der Waals surface area contributed by atoms with Gasteiger partial charge in [-0.25, -0.2) is 4.79 Å². The van der Waals surface area contributed by atoms with E-state index in [4.69, 9.17) is 5.11 Å². The van der Waals surface area contributed by atoms with Gasteiger partial charge in [-0.2, -0.15) is 0 Å². The van der Waals surface area contributed by atoms with Crippen LogP contribution in [0.25, 0.3) is 0 Å². The second-order valence-electron chi connectivity index (χ2n) is 5.74. The number of hydrogen-bond donors (Lipinski definition) is 2. The van der Waals surface area contributed by atoms with E-state index in [1.807, 2.05) is 26.0 Å². The number of hydrogen-bond acceptors (Lipinski definition) is 2. The smallest absolute Gasteiger partial charge is 0.323 e. The maximum Gasteiger partial charge on any atom is 0.323 e. The minimum absolute atomic E-state index is 0.0768. The van der Waals surface area contributed by atoms with Gasteiger partial charge >= 0.3 is 12.0 Å². The quantitative estimate of drug-likeness (QED) is 0.876. The molecule has 5 heteroatoms. The lowest BCUT2D eigenvalue weighted by atomic mass is 9.80. The van der Waals surface area contributed by atoms with Gasteiger partial charge in [0.05, 0.1) is 0 Å². The summed E-state index contributed by atoms with van der Waals surface area (Å²) >= 11 is 0. The second kappa shape index (κ2) is 6.61. The van der Waals surface area contributed by atoms with Crippen LogP contribution in [-0.4, -0.2) is 29.7 Å². The lowest BCUT2D eigenvalue weighted by Gasteiger charge is -2.33. The zero-order chi connectivity index (χ0) is 15.4. The van der Waals surface area contributed by atoms with Crippen molar-refractivity contribution >= 4 is 17.7 Å². The Hall–Kier alpha value is -2.04. The molecule has 1 aliphatic rings. The summed E-state index contributed by atoms with van der Waals surface area (Å²) in [6.45, 7) is 3.59. The Kier molecular flexibility index (Phi) is 4.83. The molecule has 1 fully saturated rings. The van der Waals surface area contributed by atoms with Crippen LogP contribution >= 0.6 is 0 Å². The van der Waals surface area contributed by atoms with Crippen molar-refractivity contribution in [3.63, 3.8) is 0 Å². The van der Waals surface area contributed by atoms with Gasteiger partial charge in [-0.05, 0) is 44.7 Å². The van der Waals surface area contributed by atoms with Gasteiger partial charge in [0.25, 0.3) is 0 Å². The molecule has 0 radical (unpaired) electrons. The highest BCUT2D eigenvalue weighted by molar-refractivity contribution is 5.96. The van der Waals surface area contributed by atoms with Gasteiger partial charge < -0.3 is 10.4 Å². The van der Waals surface area contributed by atoms with Gasteiger partial charge in [0.2, 0.25) is 0 Å². The summed E-state index contributed by atoms with van der Waals surface area (Å²) in [4.78, 5) is 24.7. The highest BCUT2D eigenvalue weighted by Gasteiger charge is 2.27. The summed E-state index contributed by atoms with van der Waals surface area (Å²) < 4.78 is 0. The van der Waals surface area contributed by atoms with Gasteiger partial charge in [0.1, 0.15) is 6.54 Å². The van der Waals surface area contributed by atoms with E-state index in [0.29, 0.717) is 11.6 Å². The van der Waals surface area contributed by atoms with Crippen LogP contribution < -0.4 is 10.2 Å². The van der Waals surface area contributed by atoms with Crippen LogP contribution in [-0.2, 0) is 4.79 Å². The minimum Gasteiger partial charge on any atom is -0.480 e. The number of carboxylic acid groups (broad SMARTS) is 1. The number of urea groups is 1. The van der Waals surface area contributed by atoms with Crippen LogP contribution in [0.5, 0.6) is 0 Å². The molecule has 0 aliphatic heterocycles. The maximum absolute atomic E-state index is 12.4. The molecule has 0 heterocycles. The van der Waals surface area contributed by atoms with Crippen molar-refractivity contribution < 1.29 is 14.7 Å². The molecule has 2 amide bonds. The Morgan fingerprint density at radius 1 is 1.33 bits per heavy atom. The number of aryl methyl sites for hydroxylation is 1. The predicted octanol–water partition coefficient (Wildman–Crippen LogP) is 2.78. The number of amides is 2. The first-order valence-corrected chi connectivity index (χ1v) is 7.34. The molecule has 0 aromatic heterocycles. The molecule has 1 aromatic rings. The Labute approximate surface area is 125 Å². The van der Waals surface area contributed by atoms with E-state index in [0.717, 1.165) is 18.4 Å². The lowest BCUT2D eigenvalue weighted by molar-refractivity contribution is -0.135. The van der Waals surface area contributed by atoms with E-state index in [2.05, 4.69) is 5.32 Å². The normalized spacial score (nSPS) is 15.9. The van der Waals surface area contributed by atoms with E-state index in [9.17, 15) is 9.59 Å². The molecule has 0 spiro atoms. The van der Waals surface area contributed by atoms with Gasteiger partial charge in [-0.1, -0.05) is 24.1 Å². The monoisotopic (exact) mass is 290 g/mol. The topological polar surface area (TPSA) is 69.6 Å². The molecule has 1 aliphatic carbocycles. The molecule has 114 valence electrons. The van der Waals surface area contributed by atoms with Gasteiger partial charge in [0, 0.05) is 11.7 Å². The van der Waals surface area contributed by atoms with E-state index in [1.165, 1.54) is 11.3 Å². The number of rotatable bonds is 5. The third kappa shape index (κ3) is 3.97. The first-order chi connectivity index (χ1) is 9.97. The fraction of sp³-hybridized carbons (Fsp3) is 0.500. The Balaban J connectivity index is 2.08. The van der Waals surface area contributed by atoms with Gasteiger partial charge in [0.15, 0.2) is 0 Å². The summed E-state index contributed by atoms with van der Waals surface area (Å²) in [6, 6.07) is 7.01. The fourth-order valence-corrected chi connectivity index (χ4v) is 2.47. The minimum atomic E-state index is -1.03. The zero-order valence-electron chi connectivity index (χ0n) is 12.5. The molecule has 2 N–H and O–H groups in total. The van der Waals surface area contributed by atoms with E-state index < -0.39 is 5.97 Å². The van der Waals surface area contributed by atoms with Crippen molar-refractivity contribution in [3.8, 4) is 0 Å². The van der Waals surface area contributed by atoms with Crippen LogP contribution in [0.3, 0.4) is 0 Å². The van der Waals surface area contributed by atoms with Crippen molar-refractivity contribution in [1.82, 2.24) is 5.32 Å². The highest BCUT2D eigenvalue weighted by atomic mass is 16.4. The number of benzene rings is 1. The van der Waals surface area contributed by atoms with E-state index >= 15 is 0 Å². The van der Waals surface area contributed by atoms with Crippen molar-refractivity contribution in [2.75, 3.05) is 11.4 Å². The Morgan fingerprint density at radius 3 is 2.43 bits per heavy atom. The molecule has 0 saturated heterocycles. The summed E-state index contributed by atoms with van der Waals surface area (Å²) in [6.07, 6.45) is 3.47. The third-order valence-corrected chi connectivity index (χ3v) is 4.09. The summed E-state index contributed by atoms with van der Waals surface area (Å²) in [5.74, 6) is -0.513. The molecular formula is C16H22N2O3. The average Bonchev–Trinajstić information content (AvgIpc) is 2.34. The highest BCUT2D eigenvalue weighted by Crippen LogP contribution is 2.29. The van der Waals surface area contributed by atoms with Crippen molar-refractivity contribution in [2.45, 2.75) is 39.2 Å². The van der Waals surface area contributed by atoms with Crippen LogP contribution in [0.15, 0.2) is 24.3 Å². The SMILES string of the molecule is Cc1ccc(N(CC(=O)O)C(=O)NC(C)C2CCC2)cc1. The molecule has 1 atom stereocenters. The molecular weight excluding hydrogens is 268 g/mol. The van der Waals surface area contributed by atoms with Crippen LogP contribution in [0.1, 0.15) is 31.7 Å². The molecule has 1 unspecified atom stereocenters. The summed E-state index contributed by atoms with van der Waals surface area (Å²) in [5, 5.41) is 12.0. The molecule has 2 rings (SSSR count). The van der Waals surface area contributed by atoms with E-state index in [-0.39, 0.29) is 18.6 Å². The van der Waals surface area contributed by atoms with E-state index in [1.54, 1.807) is 12.1 Å². The number of carboxylic acids is 1. The summed E-state index contributed by atoms with van der Waals surface area (Å²) in [5.41, 5.74) is 1.67. The van der Waals surface area contributed by atoms with Gasteiger partial charge in [-0.3, -0.25) is 9.69 Å². The zero-order valence-corrected chi connectivity index (χ0v) is 12.5. The Bertz CT molecular complexity index is 509. The average molecular weight is 290 g/mol.